The first-order chi connectivity index (χ1) is 9.19. The number of aromatic nitrogens is 1. The molecular weight excluding hydrogens is 254 g/mol. The molecule has 102 valence electrons. The minimum atomic E-state index is 0.849. The fourth-order valence-electron chi connectivity index (χ4n) is 1.95. The van der Waals surface area contributed by atoms with Gasteiger partial charge < -0.3 is 10.2 Å². The fraction of sp³-hybridized carbons (Fsp3) is 0.400. The van der Waals surface area contributed by atoms with Crippen LogP contribution in [0.1, 0.15) is 22.4 Å². The average Bonchev–Trinajstić information content (AvgIpc) is 2.85. The summed E-state index contributed by atoms with van der Waals surface area (Å²) in [6.45, 7) is 3.94. The predicted octanol–water partition coefficient (Wildman–Crippen LogP) is 3.38. The lowest BCUT2D eigenvalue weighted by Gasteiger charge is -2.15. The van der Waals surface area contributed by atoms with Crippen molar-refractivity contribution >= 4 is 17.0 Å². The average molecular weight is 275 g/mol. The van der Waals surface area contributed by atoms with E-state index in [0.717, 1.165) is 19.5 Å². The first kappa shape index (κ1) is 14.0. The van der Waals surface area contributed by atoms with Crippen molar-refractivity contribution in [3.8, 4) is 0 Å². The summed E-state index contributed by atoms with van der Waals surface area (Å²) >= 11 is 1.79. The maximum atomic E-state index is 4.39. The third kappa shape index (κ3) is 4.04. The molecule has 0 aliphatic heterocycles. The first-order valence-electron chi connectivity index (χ1n) is 6.59. The molecule has 3 nitrogen and oxygen atoms in total. The van der Waals surface area contributed by atoms with Gasteiger partial charge in [-0.05, 0) is 32.1 Å². The van der Waals surface area contributed by atoms with Gasteiger partial charge in [0.1, 0.15) is 0 Å². The number of nitrogens with zero attached hydrogens (tertiary/aromatic N) is 2. The minimum Gasteiger partial charge on any atom is -0.380 e. The molecule has 0 saturated heterocycles. The van der Waals surface area contributed by atoms with Crippen molar-refractivity contribution in [1.29, 1.82) is 0 Å². The number of benzene rings is 1. The van der Waals surface area contributed by atoms with Crippen LogP contribution < -0.4 is 5.32 Å². The van der Waals surface area contributed by atoms with E-state index in [1.54, 1.807) is 11.3 Å². The van der Waals surface area contributed by atoms with Crippen LogP contribution in [0, 0.1) is 0 Å². The van der Waals surface area contributed by atoms with Gasteiger partial charge in [-0.25, -0.2) is 4.98 Å². The first-order valence-corrected chi connectivity index (χ1v) is 7.40. The predicted molar refractivity (Wildman–Crippen MR) is 82.7 cm³/mol. The van der Waals surface area contributed by atoms with E-state index in [1.165, 1.54) is 21.1 Å². The van der Waals surface area contributed by atoms with Gasteiger partial charge in [0.05, 0.1) is 11.6 Å². The molecule has 0 bridgehead atoms. The van der Waals surface area contributed by atoms with Crippen LogP contribution in [-0.4, -0.2) is 24.0 Å². The Morgan fingerprint density at radius 3 is 2.74 bits per heavy atom. The third-order valence-corrected chi connectivity index (χ3v) is 4.00. The smallest absolute Gasteiger partial charge is 0.0925 e. The Labute approximate surface area is 119 Å². The van der Waals surface area contributed by atoms with Crippen LogP contribution in [0.5, 0.6) is 0 Å². The molecule has 0 atom stereocenters. The zero-order valence-electron chi connectivity index (χ0n) is 11.8. The number of thiazole rings is 1. The van der Waals surface area contributed by atoms with Crippen LogP contribution in [0.4, 0.5) is 5.69 Å². The fourth-order valence-corrected chi connectivity index (χ4v) is 2.75. The lowest BCUT2D eigenvalue weighted by molar-refractivity contribution is 0.403. The summed E-state index contributed by atoms with van der Waals surface area (Å²) in [5.41, 5.74) is 2.54. The molecule has 0 saturated carbocycles. The number of para-hydroxylation sites is 1. The number of hydrogen-bond donors (Lipinski definition) is 1. The van der Waals surface area contributed by atoms with E-state index >= 15 is 0 Å². The molecule has 2 aromatic rings. The van der Waals surface area contributed by atoms with E-state index in [2.05, 4.69) is 60.5 Å². The summed E-state index contributed by atoms with van der Waals surface area (Å²) in [5.74, 6) is 0. The van der Waals surface area contributed by atoms with Crippen LogP contribution in [-0.2, 0) is 19.5 Å². The zero-order chi connectivity index (χ0) is 13.7. The normalized spacial score (nSPS) is 10.9. The van der Waals surface area contributed by atoms with E-state index in [4.69, 9.17) is 0 Å². The molecule has 1 N–H and O–H groups in total. The molecule has 0 aliphatic carbocycles. The monoisotopic (exact) mass is 275 g/mol. The van der Waals surface area contributed by atoms with Gasteiger partial charge in [-0.2, -0.15) is 0 Å². The quantitative estimate of drug-likeness (QED) is 0.876. The van der Waals surface area contributed by atoms with E-state index in [0.29, 0.717) is 0 Å². The van der Waals surface area contributed by atoms with Crippen molar-refractivity contribution in [2.24, 2.45) is 0 Å². The number of rotatable bonds is 6. The number of anilines is 1. The number of hydrogen-bond acceptors (Lipinski definition) is 4. The van der Waals surface area contributed by atoms with Crippen LogP contribution in [0.2, 0.25) is 0 Å². The molecule has 0 unspecified atom stereocenters. The highest BCUT2D eigenvalue weighted by Gasteiger charge is 2.04. The van der Waals surface area contributed by atoms with Crippen LogP contribution in [0.15, 0.2) is 30.5 Å². The van der Waals surface area contributed by atoms with Crippen molar-refractivity contribution in [2.45, 2.75) is 26.4 Å². The van der Waals surface area contributed by atoms with Gasteiger partial charge >= 0.3 is 0 Å². The van der Waals surface area contributed by atoms with Crippen LogP contribution in [0.25, 0.3) is 0 Å². The van der Waals surface area contributed by atoms with Gasteiger partial charge in [-0.15, -0.1) is 11.3 Å². The molecule has 4 heteroatoms. The van der Waals surface area contributed by atoms with Crippen molar-refractivity contribution < 1.29 is 0 Å². The highest BCUT2D eigenvalue weighted by atomic mass is 32.1. The number of aryl methyl sites for hydroxylation is 1. The lowest BCUT2D eigenvalue weighted by Crippen LogP contribution is -2.12. The molecule has 0 radical (unpaired) electrons. The summed E-state index contributed by atoms with van der Waals surface area (Å²) in [4.78, 5) is 7.86. The van der Waals surface area contributed by atoms with E-state index < -0.39 is 0 Å². The maximum Gasteiger partial charge on any atom is 0.0925 e. The van der Waals surface area contributed by atoms with Crippen molar-refractivity contribution in [3.63, 3.8) is 0 Å². The van der Waals surface area contributed by atoms with Gasteiger partial charge in [-0.3, -0.25) is 0 Å². The highest BCUT2D eigenvalue weighted by Crippen LogP contribution is 2.19. The lowest BCUT2D eigenvalue weighted by atomic mass is 10.1. The zero-order valence-corrected chi connectivity index (χ0v) is 12.6. The van der Waals surface area contributed by atoms with Crippen LogP contribution in [0.3, 0.4) is 0 Å². The summed E-state index contributed by atoms with van der Waals surface area (Å²) < 4.78 is 0. The Kier molecular flexibility index (Phi) is 4.93. The Balaban J connectivity index is 2.02. The minimum absolute atomic E-state index is 0.849. The van der Waals surface area contributed by atoms with Gasteiger partial charge in [0.15, 0.2) is 0 Å². The molecule has 0 aliphatic rings. The molecule has 1 heterocycles. The molecule has 2 rings (SSSR count). The standard InChI is InChI=1S/C15H21N3S/c1-4-15-17-10-13(19-15)9-16-14-8-6-5-7-12(14)11-18(2)3/h5-8,10,16H,4,9,11H2,1-3H3. The second-order valence-electron chi connectivity index (χ2n) is 4.82. The molecule has 0 amide bonds. The second kappa shape index (κ2) is 6.68. The van der Waals surface area contributed by atoms with Crippen LogP contribution >= 0.6 is 11.3 Å². The Bertz CT molecular complexity index is 520. The molecular formula is C15H21N3S. The molecule has 0 spiro atoms. The van der Waals surface area contributed by atoms with Crippen molar-refractivity contribution in [2.75, 3.05) is 19.4 Å². The molecule has 19 heavy (non-hydrogen) atoms. The van der Waals surface area contributed by atoms with Gasteiger partial charge in [-0.1, -0.05) is 25.1 Å². The third-order valence-electron chi connectivity index (χ3n) is 2.86. The van der Waals surface area contributed by atoms with Crippen molar-refractivity contribution in [3.05, 3.63) is 45.9 Å². The summed E-state index contributed by atoms with van der Waals surface area (Å²) in [6, 6.07) is 8.48. The number of nitrogens with one attached hydrogen (secondary N) is 1. The molecule has 1 aromatic heterocycles. The summed E-state index contributed by atoms with van der Waals surface area (Å²) in [6.07, 6.45) is 2.99. The maximum absolute atomic E-state index is 4.39. The molecule has 1 aromatic carbocycles. The van der Waals surface area contributed by atoms with E-state index in [-0.39, 0.29) is 0 Å². The highest BCUT2D eigenvalue weighted by molar-refractivity contribution is 7.11. The topological polar surface area (TPSA) is 28.2 Å². The van der Waals surface area contributed by atoms with Gasteiger partial charge in [0.25, 0.3) is 0 Å². The largest absolute Gasteiger partial charge is 0.380 e. The van der Waals surface area contributed by atoms with E-state index in [1.807, 2.05) is 6.20 Å². The molecule has 0 fully saturated rings. The van der Waals surface area contributed by atoms with E-state index in [9.17, 15) is 0 Å². The summed E-state index contributed by atoms with van der Waals surface area (Å²) in [7, 11) is 4.18. The SMILES string of the molecule is CCc1ncc(CNc2ccccc2CN(C)C)s1. The summed E-state index contributed by atoms with van der Waals surface area (Å²) in [5, 5.41) is 4.72. The second-order valence-corrected chi connectivity index (χ2v) is 6.02. The Hall–Kier alpha value is -1.39. The van der Waals surface area contributed by atoms with Gasteiger partial charge in [0, 0.05) is 23.3 Å². The Morgan fingerprint density at radius 1 is 1.26 bits per heavy atom. The Morgan fingerprint density at radius 2 is 2.05 bits per heavy atom. The van der Waals surface area contributed by atoms with Gasteiger partial charge in [0.2, 0.25) is 0 Å². The van der Waals surface area contributed by atoms with Crippen molar-refractivity contribution in [1.82, 2.24) is 9.88 Å².